The van der Waals surface area contributed by atoms with Gasteiger partial charge in [-0.1, -0.05) is 19.4 Å². The number of anilines is 1. The molecule has 1 aliphatic rings. The van der Waals surface area contributed by atoms with Crippen molar-refractivity contribution in [2.45, 2.75) is 32.0 Å². The lowest BCUT2D eigenvalue weighted by Gasteiger charge is -2.35. The minimum absolute atomic E-state index is 0.369. The minimum Gasteiger partial charge on any atom is -0.369 e. The summed E-state index contributed by atoms with van der Waals surface area (Å²) in [5.41, 5.74) is 0.0907. The number of hydrogen-bond acceptors (Lipinski definition) is 2. The number of rotatable bonds is 3. The lowest BCUT2D eigenvalue weighted by molar-refractivity contribution is -0.137. The second-order valence-electron chi connectivity index (χ2n) is 4.93. The molecule has 0 unspecified atom stereocenters. The monoisotopic (exact) mass is 272 g/mol. The van der Waals surface area contributed by atoms with E-state index in [4.69, 9.17) is 0 Å². The van der Waals surface area contributed by atoms with Crippen LogP contribution >= 0.6 is 0 Å². The zero-order valence-electron chi connectivity index (χ0n) is 11.0. The van der Waals surface area contributed by atoms with Crippen LogP contribution < -0.4 is 10.2 Å². The van der Waals surface area contributed by atoms with Gasteiger partial charge in [-0.05, 0) is 24.6 Å². The fourth-order valence-corrected chi connectivity index (χ4v) is 2.48. The van der Waals surface area contributed by atoms with Gasteiger partial charge < -0.3 is 10.2 Å². The SMILES string of the molecule is CCC[C@@H]1CN(c2cccc(C(F)(F)F)c2)CCN1. The Morgan fingerprint density at radius 1 is 1.37 bits per heavy atom. The minimum atomic E-state index is -4.27. The van der Waals surface area contributed by atoms with E-state index in [1.165, 1.54) is 12.1 Å². The van der Waals surface area contributed by atoms with Crippen LogP contribution in [-0.2, 0) is 6.18 Å². The van der Waals surface area contributed by atoms with Crippen LogP contribution in [0.3, 0.4) is 0 Å². The van der Waals surface area contributed by atoms with E-state index in [2.05, 4.69) is 12.2 Å². The zero-order chi connectivity index (χ0) is 13.9. The zero-order valence-corrected chi connectivity index (χ0v) is 11.0. The quantitative estimate of drug-likeness (QED) is 0.908. The molecule has 0 radical (unpaired) electrons. The third-order valence-corrected chi connectivity index (χ3v) is 3.43. The molecule has 0 bridgehead atoms. The Morgan fingerprint density at radius 2 is 2.16 bits per heavy atom. The molecule has 2 rings (SSSR count). The summed E-state index contributed by atoms with van der Waals surface area (Å²) < 4.78 is 38.1. The van der Waals surface area contributed by atoms with Crippen molar-refractivity contribution in [3.63, 3.8) is 0 Å². The van der Waals surface area contributed by atoms with Gasteiger partial charge in [0.05, 0.1) is 5.56 Å². The van der Waals surface area contributed by atoms with Crippen LogP contribution in [0.2, 0.25) is 0 Å². The molecule has 1 aromatic carbocycles. The summed E-state index contributed by atoms with van der Waals surface area (Å²) in [6, 6.07) is 5.97. The highest BCUT2D eigenvalue weighted by Gasteiger charge is 2.31. The van der Waals surface area contributed by atoms with Crippen LogP contribution in [-0.4, -0.2) is 25.7 Å². The van der Waals surface area contributed by atoms with Gasteiger partial charge in [0.25, 0.3) is 0 Å². The van der Waals surface area contributed by atoms with E-state index >= 15 is 0 Å². The Labute approximate surface area is 111 Å². The van der Waals surface area contributed by atoms with Crippen LogP contribution in [0, 0.1) is 0 Å². The molecule has 19 heavy (non-hydrogen) atoms. The predicted octanol–water partition coefficient (Wildman–Crippen LogP) is 3.28. The fourth-order valence-electron chi connectivity index (χ4n) is 2.48. The lowest BCUT2D eigenvalue weighted by atomic mass is 10.1. The second kappa shape index (κ2) is 5.82. The molecule has 0 amide bonds. The number of piperazine rings is 1. The van der Waals surface area contributed by atoms with Gasteiger partial charge in [0, 0.05) is 31.4 Å². The van der Waals surface area contributed by atoms with Gasteiger partial charge >= 0.3 is 6.18 Å². The van der Waals surface area contributed by atoms with Gasteiger partial charge in [-0.25, -0.2) is 0 Å². The highest BCUT2D eigenvalue weighted by molar-refractivity contribution is 5.49. The summed E-state index contributed by atoms with van der Waals surface area (Å²) in [6.07, 6.45) is -2.14. The fraction of sp³-hybridized carbons (Fsp3) is 0.571. The molecule has 0 aliphatic carbocycles. The standard InChI is InChI=1S/C14H19F3N2/c1-2-4-12-10-19(8-7-18-12)13-6-3-5-11(9-13)14(15,16)17/h3,5-6,9,12,18H,2,4,7-8,10H2,1H3/t12-/m1/s1. The molecule has 1 atom stereocenters. The number of hydrogen-bond donors (Lipinski definition) is 1. The summed E-state index contributed by atoms with van der Waals surface area (Å²) >= 11 is 0. The van der Waals surface area contributed by atoms with Crippen molar-refractivity contribution in [3.05, 3.63) is 29.8 Å². The Bertz CT molecular complexity index is 415. The Kier molecular flexibility index (Phi) is 4.34. The molecule has 5 heteroatoms. The summed E-state index contributed by atoms with van der Waals surface area (Å²) in [5, 5.41) is 3.40. The van der Waals surface area contributed by atoms with Gasteiger partial charge in [-0.3, -0.25) is 0 Å². The molecule has 1 aromatic rings. The molecule has 0 aromatic heterocycles. The Morgan fingerprint density at radius 3 is 2.84 bits per heavy atom. The smallest absolute Gasteiger partial charge is 0.369 e. The van der Waals surface area contributed by atoms with Crippen LogP contribution in [0.15, 0.2) is 24.3 Å². The molecule has 1 heterocycles. The first-order chi connectivity index (χ1) is 9.00. The van der Waals surface area contributed by atoms with E-state index in [1.807, 2.05) is 4.90 Å². The first kappa shape index (κ1) is 14.2. The van der Waals surface area contributed by atoms with E-state index in [9.17, 15) is 13.2 Å². The van der Waals surface area contributed by atoms with E-state index in [-0.39, 0.29) is 0 Å². The van der Waals surface area contributed by atoms with E-state index in [1.54, 1.807) is 6.07 Å². The second-order valence-corrected chi connectivity index (χ2v) is 4.93. The average molecular weight is 272 g/mol. The lowest BCUT2D eigenvalue weighted by Crippen LogP contribution is -2.50. The number of nitrogens with one attached hydrogen (secondary N) is 1. The molecule has 0 spiro atoms. The van der Waals surface area contributed by atoms with Gasteiger partial charge in [0.15, 0.2) is 0 Å². The van der Waals surface area contributed by atoms with Crippen molar-refractivity contribution >= 4 is 5.69 Å². The van der Waals surface area contributed by atoms with Crippen molar-refractivity contribution in [1.29, 1.82) is 0 Å². The largest absolute Gasteiger partial charge is 0.416 e. The highest BCUT2D eigenvalue weighted by Crippen LogP contribution is 2.31. The van der Waals surface area contributed by atoms with Crippen LogP contribution in [0.4, 0.5) is 18.9 Å². The normalized spacial score (nSPS) is 20.6. The van der Waals surface area contributed by atoms with Gasteiger partial charge in [0.1, 0.15) is 0 Å². The molecule has 2 nitrogen and oxygen atoms in total. The van der Waals surface area contributed by atoms with E-state index in [0.29, 0.717) is 11.7 Å². The Hall–Kier alpha value is -1.23. The topological polar surface area (TPSA) is 15.3 Å². The van der Waals surface area contributed by atoms with Crippen molar-refractivity contribution in [2.75, 3.05) is 24.5 Å². The number of halogens is 3. The van der Waals surface area contributed by atoms with Gasteiger partial charge in [-0.2, -0.15) is 13.2 Å². The molecule has 1 saturated heterocycles. The molecule has 0 saturated carbocycles. The van der Waals surface area contributed by atoms with Gasteiger partial charge in [0.2, 0.25) is 0 Å². The van der Waals surface area contributed by atoms with Gasteiger partial charge in [-0.15, -0.1) is 0 Å². The Balaban J connectivity index is 2.13. The molecular formula is C14H19F3N2. The van der Waals surface area contributed by atoms with Crippen molar-refractivity contribution < 1.29 is 13.2 Å². The molecule has 1 N–H and O–H groups in total. The molecule has 1 aliphatic heterocycles. The third kappa shape index (κ3) is 3.62. The maximum atomic E-state index is 12.7. The first-order valence-electron chi connectivity index (χ1n) is 6.66. The van der Waals surface area contributed by atoms with Crippen LogP contribution in [0.25, 0.3) is 0 Å². The highest BCUT2D eigenvalue weighted by atomic mass is 19.4. The number of nitrogens with zero attached hydrogens (tertiary/aromatic N) is 1. The molecule has 1 fully saturated rings. The molecule has 106 valence electrons. The summed E-state index contributed by atoms with van der Waals surface area (Å²) in [5.74, 6) is 0. The summed E-state index contributed by atoms with van der Waals surface area (Å²) in [4.78, 5) is 2.03. The predicted molar refractivity (Wildman–Crippen MR) is 70.4 cm³/mol. The summed E-state index contributed by atoms with van der Waals surface area (Å²) in [6.45, 7) is 4.46. The van der Waals surface area contributed by atoms with Crippen LogP contribution in [0.5, 0.6) is 0 Å². The summed E-state index contributed by atoms with van der Waals surface area (Å²) in [7, 11) is 0. The first-order valence-corrected chi connectivity index (χ1v) is 6.66. The van der Waals surface area contributed by atoms with E-state index in [0.717, 1.165) is 38.5 Å². The average Bonchev–Trinajstić information content (AvgIpc) is 2.39. The maximum absolute atomic E-state index is 12.7. The number of alkyl halides is 3. The van der Waals surface area contributed by atoms with E-state index < -0.39 is 11.7 Å². The van der Waals surface area contributed by atoms with Crippen molar-refractivity contribution in [3.8, 4) is 0 Å². The number of benzene rings is 1. The molecular weight excluding hydrogens is 253 g/mol. The van der Waals surface area contributed by atoms with Crippen molar-refractivity contribution in [1.82, 2.24) is 5.32 Å². The third-order valence-electron chi connectivity index (χ3n) is 3.43. The maximum Gasteiger partial charge on any atom is 0.416 e. The van der Waals surface area contributed by atoms with Crippen molar-refractivity contribution in [2.24, 2.45) is 0 Å². The van der Waals surface area contributed by atoms with Crippen LogP contribution in [0.1, 0.15) is 25.3 Å².